The molecule has 1 fully saturated rings. The van der Waals surface area contributed by atoms with E-state index in [1.54, 1.807) is 26.0 Å². The molecule has 1 heterocycles. The highest BCUT2D eigenvalue weighted by Gasteiger charge is 2.27. The zero-order valence-electron chi connectivity index (χ0n) is 20.2. The largest absolute Gasteiger partial charge is 0.340 e. The molecule has 0 saturated carbocycles. The first-order valence-electron chi connectivity index (χ1n) is 11.6. The van der Waals surface area contributed by atoms with Crippen molar-refractivity contribution in [2.24, 2.45) is 0 Å². The van der Waals surface area contributed by atoms with Crippen LogP contribution in [0.2, 0.25) is 0 Å². The molecule has 0 aromatic heterocycles. The molecule has 9 heteroatoms. The number of hydrogen-bond donors (Lipinski definition) is 2. The number of anilines is 1. The molecule has 0 aliphatic carbocycles. The smallest absolute Gasteiger partial charge is 0.241 e. The van der Waals surface area contributed by atoms with Gasteiger partial charge < -0.3 is 10.2 Å². The van der Waals surface area contributed by atoms with Gasteiger partial charge in [0.1, 0.15) is 0 Å². The predicted molar refractivity (Wildman–Crippen MR) is 133 cm³/mol. The standard InChI is InChI=1S/C25H34N4O4S/c1-18(2)27-34(32,33)23-11-9-22(10-12-23)26-25(31)20(4)28-13-15-29(16-14-28)24(30)17-21-7-5-19(3)6-8-21/h5-12,18,20,27H,13-17H2,1-4H3,(H,26,31). The highest BCUT2D eigenvalue weighted by molar-refractivity contribution is 7.89. The first-order chi connectivity index (χ1) is 16.0. The summed E-state index contributed by atoms with van der Waals surface area (Å²) in [6.45, 7) is 9.77. The fraction of sp³-hybridized carbons (Fsp3) is 0.440. The van der Waals surface area contributed by atoms with Gasteiger partial charge in [-0.25, -0.2) is 13.1 Å². The first-order valence-corrected chi connectivity index (χ1v) is 13.0. The van der Waals surface area contributed by atoms with E-state index >= 15 is 0 Å². The minimum Gasteiger partial charge on any atom is -0.340 e. The Labute approximate surface area is 202 Å². The molecule has 1 unspecified atom stereocenters. The van der Waals surface area contributed by atoms with E-state index in [1.807, 2.05) is 43.0 Å². The van der Waals surface area contributed by atoms with Gasteiger partial charge in [0, 0.05) is 37.9 Å². The monoisotopic (exact) mass is 486 g/mol. The maximum absolute atomic E-state index is 12.8. The summed E-state index contributed by atoms with van der Waals surface area (Å²) >= 11 is 0. The summed E-state index contributed by atoms with van der Waals surface area (Å²) in [5, 5.41) is 2.85. The van der Waals surface area contributed by atoms with Crippen LogP contribution in [-0.2, 0) is 26.0 Å². The van der Waals surface area contributed by atoms with E-state index in [0.29, 0.717) is 38.3 Å². The lowest BCUT2D eigenvalue weighted by Gasteiger charge is -2.37. The second kappa shape index (κ2) is 11.1. The van der Waals surface area contributed by atoms with E-state index < -0.39 is 10.0 Å². The number of benzene rings is 2. The summed E-state index contributed by atoms with van der Waals surface area (Å²) in [7, 11) is -3.58. The molecule has 34 heavy (non-hydrogen) atoms. The van der Waals surface area contributed by atoms with Crippen LogP contribution in [-0.4, -0.2) is 68.3 Å². The van der Waals surface area contributed by atoms with Gasteiger partial charge in [0.05, 0.1) is 17.4 Å². The van der Waals surface area contributed by atoms with Crippen molar-refractivity contribution < 1.29 is 18.0 Å². The maximum atomic E-state index is 12.8. The van der Waals surface area contributed by atoms with Crippen LogP contribution in [0, 0.1) is 6.92 Å². The number of carbonyl (C=O) groups excluding carboxylic acids is 2. The summed E-state index contributed by atoms with van der Waals surface area (Å²) in [6.07, 6.45) is 0.384. The van der Waals surface area contributed by atoms with E-state index in [9.17, 15) is 18.0 Å². The third-order valence-corrected chi connectivity index (χ3v) is 7.57. The molecule has 8 nitrogen and oxygen atoms in total. The average molecular weight is 487 g/mol. The molecule has 2 aromatic carbocycles. The number of carbonyl (C=O) groups is 2. The summed E-state index contributed by atoms with van der Waals surface area (Å²) < 4.78 is 27.0. The molecule has 1 aliphatic heterocycles. The SMILES string of the molecule is Cc1ccc(CC(=O)N2CCN(C(C)C(=O)Nc3ccc(S(=O)(=O)NC(C)C)cc3)CC2)cc1. The van der Waals surface area contributed by atoms with Gasteiger partial charge in [-0.1, -0.05) is 29.8 Å². The van der Waals surface area contributed by atoms with Crippen molar-refractivity contribution in [3.05, 3.63) is 59.7 Å². The van der Waals surface area contributed by atoms with E-state index in [-0.39, 0.29) is 28.8 Å². The van der Waals surface area contributed by atoms with E-state index in [4.69, 9.17) is 0 Å². The lowest BCUT2D eigenvalue weighted by atomic mass is 10.1. The molecule has 0 spiro atoms. The van der Waals surface area contributed by atoms with Crippen LogP contribution in [0.3, 0.4) is 0 Å². The van der Waals surface area contributed by atoms with Crippen LogP contribution >= 0.6 is 0 Å². The van der Waals surface area contributed by atoms with Crippen molar-refractivity contribution in [1.82, 2.24) is 14.5 Å². The van der Waals surface area contributed by atoms with E-state index in [0.717, 1.165) is 5.56 Å². The van der Waals surface area contributed by atoms with Gasteiger partial charge >= 0.3 is 0 Å². The van der Waals surface area contributed by atoms with Crippen LogP contribution in [0.25, 0.3) is 0 Å². The third-order valence-electron chi connectivity index (χ3n) is 5.89. The number of aryl methyl sites for hydroxylation is 1. The molecule has 2 amide bonds. The summed E-state index contributed by atoms with van der Waals surface area (Å²) in [6, 6.07) is 13.5. The Hall–Kier alpha value is -2.75. The molecule has 2 aromatic rings. The number of sulfonamides is 1. The van der Waals surface area contributed by atoms with Gasteiger partial charge in [-0.2, -0.15) is 0 Å². The third kappa shape index (κ3) is 6.88. The molecule has 1 aliphatic rings. The van der Waals surface area contributed by atoms with Gasteiger partial charge in [0.25, 0.3) is 0 Å². The summed E-state index contributed by atoms with van der Waals surface area (Å²) in [4.78, 5) is 29.5. The number of nitrogens with zero attached hydrogens (tertiary/aromatic N) is 2. The second-order valence-corrected chi connectivity index (χ2v) is 10.8. The quantitative estimate of drug-likeness (QED) is 0.597. The Morgan fingerprint density at radius 3 is 2.06 bits per heavy atom. The van der Waals surface area contributed by atoms with Crippen LogP contribution in [0.5, 0.6) is 0 Å². The molecule has 3 rings (SSSR count). The van der Waals surface area contributed by atoms with Gasteiger partial charge in [-0.15, -0.1) is 0 Å². The van der Waals surface area contributed by atoms with Gasteiger partial charge in [0.15, 0.2) is 0 Å². The van der Waals surface area contributed by atoms with Gasteiger partial charge in [-0.05, 0) is 57.5 Å². The molecule has 0 radical (unpaired) electrons. The van der Waals surface area contributed by atoms with E-state index in [2.05, 4.69) is 14.9 Å². The van der Waals surface area contributed by atoms with E-state index in [1.165, 1.54) is 17.7 Å². The Bertz CT molecular complexity index is 1090. The minimum absolute atomic E-state index is 0.0996. The van der Waals surface area contributed by atoms with Crippen molar-refractivity contribution in [3.63, 3.8) is 0 Å². The zero-order valence-corrected chi connectivity index (χ0v) is 21.1. The van der Waals surface area contributed by atoms with Gasteiger partial charge in [0.2, 0.25) is 21.8 Å². The molecular formula is C25H34N4O4S. The number of rotatable bonds is 8. The number of piperazine rings is 1. The highest BCUT2D eigenvalue weighted by atomic mass is 32.2. The summed E-state index contributed by atoms with van der Waals surface area (Å²) in [5.41, 5.74) is 2.71. The zero-order chi connectivity index (χ0) is 24.9. The Morgan fingerprint density at radius 1 is 0.912 bits per heavy atom. The van der Waals surface area contributed by atoms with Crippen molar-refractivity contribution in [3.8, 4) is 0 Å². The number of hydrogen-bond acceptors (Lipinski definition) is 5. The molecule has 0 bridgehead atoms. The fourth-order valence-corrected chi connectivity index (χ4v) is 5.11. The second-order valence-electron chi connectivity index (χ2n) is 9.04. The van der Waals surface area contributed by atoms with Crippen LogP contribution in [0.15, 0.2) is 53.4 Å². The minimum atomic E-state index is -3.58. The Morgan fingerprint density at radius 2 is 1.50 bits per heavy atom. The fourth-order valence-electron chi connectivity index (χ4n) is 3.86. The number of nitrogens with one attached hydrogen (secondary N) is 2. The molecular weight excluding hydrogens is 452 g/mol. The van der Waals surface area contributed by atoms with Gasteiger partial charge in [-0.3, -0.25) is 14.5 Å². The maximum Gasteiger partial charge on any atom is 0.241 e. The van der Waals surface area contributed by atoms with Crippen molar-refractivity contribution in [1.29, 1.82) is 0 Å². The van der Waals surface area contributed by atoms with Crippen molar-refractivity contribution >= 4 is 27.5 Å². The molecule has 2 N–H and O–H groups in total. The molecule has 1 saturated heterocycles. The van der Waals surface area contributed by atoms with Crippen molar-refractivity contribution in [2.45, 2.75) is 51.1 Å². The van der Waals surface area contributed by atoms with Crippen LogP contribution < -0.4 is 10.0 Å². The topological polar surface area (TPSA) is 98.8 Å². The molecule has 184 valence electrons. The number of amides is 2. The lowest BCUT2D eigenvalue weighted by Crippen LogP contribution is -2.54. The highest BCUT2D eigenvalue weighted by Crippen LogP contribution is 2.16. The lowest BCUT2D eigenvalue weighted by molar-refractivity contribution is -0.133. The molecule has 1 atom stereocenters. The van der Waals surface area contributed by atoms with Crippen LogP contribution in [0.4, 0.5) is 5.69 Å². The first kappa shape index (κ1) is 25.9. The Balaban J connectivity index is 1.50. The van der Waals surface area contributed by atoms with Crippen molar-refractivity contribution in [2.75, 3.05) is 31.5 Å². The van der Waals surface area contributed by atoms with Crippen LogP contribution in [0.1, 0.15) is 31.9 Å². The average Bonchev–Trinajstić information content (AvgIpc) is 2.79. The normalized spacial score (nSPS) is 15.9. The predicted octanol–water partition coefficient (Wildman–Crippen LogP) is 2.40. The summed E-state index contributed by atoms with van der Waals surface area (Å²) in [5.74, 6) is -0.0713. The Kier molecular flexibility index (Phi) is 8.46.